The maximum absolute atomic E-state index is 12.1. The van der Waals surface area contributed by atoms with Gasteiger partial charge in [-0.05, 0) is 31.6 Å². The zero-order valence-corrected chi connectivity index (χ0v) is 12.8. The predicted octanol–water partition coefficient (Wildman–Crippen LogP) is 1.78. The first-order chi connectivity index (χ1) is 9.78. The first-order valence-corrected chi connectivity index (χ1v) is 9.17. The third kappa shape index (κ3) is 8.19. The number of carboxylic acids is 2. The predicted molar refractivity (Wildman–Crippen MR) is 75.8 cm³/mol. The van der Waals surface area contributed by atoms with Gasteiger partial charge >= 0.3 is 11.9 Å². The van der Waals surface area contributed by atoms with E-state index in [1.807, 2.05) is 0 Å². The van der Waals surface area contributed by atoms with Gasteiger partial charge in [0.05, 0.1) is 6.10 Å². The van der Waals surface area contributed by atoms with Crippen molar-refractivity contribution in [2.75, 3.05) is 18.9 Å². The fraction of sp³-hybridized carbons (Fsp3) is 0.846. The molecule has 0 saturated carbocycles. The Balaban J connectivity index is 2.40. The molecule has 1 saturated heterocycles. The van der Waals surface area contributed by atoms with Crippen molar-refractivity contribution < 1.29 is 34.0 Å². The molecule has 122 valence electrons. The van der Waals surface area contributed by atoms with Crippen LogP contribution in [0.15, 0.2) is 0 Å². The summed E-state index contributed by atoms with van der Waals surface area (Å²) in [5.74, 6) is -3.11. The molecule has 1 fully saturated rings. The quantitative estimate of drug-likeness (QED) is 0.524. The van der Waals surface area contributed by atoms with Crippen molar-refractivity contribution >= 4 is 19.3 Å². The second kappa shape index (κ2) is 8.51. The SMILES string of the molecule is O=C(O)CC(CC(=O)O)CP(=O)(O)CCCC1CCCO1. The highest BCUT2D eigenvalue weighted by atomic mass is 31.2. The van der Waals surface area contributed by atoms with E-state index in [9.17, 15) is 19.0 Å². The van der Waals surface area contributed by atoms with Crippen molar-refractivity contribution in [1.29, 1.82) is 0 Å². The van der Waals surface area contributed by atoms with Crippen LogP contribution in [0.5, 0.6) is 0 Å². The number of carbonyl (C=O) groups is 2. The van der Waals surface area contributed by atoms with Gasteiger partial charge in [-0.15, -0.1) is 0 Å². The summed E-state index contributed by atoms with van der Waals surface area (Å²) < 4.78 is 17.5. The number of hydrogen-bond donors (Lipinski definition) is 3. The largest absolute Gasteiger partial charge is 0.481 e. The van der Waals surface area contributed by atoms with Gasteiger partial charge in [-0.2, -0.15) is 0 Å². The third-order valence-corrected chi connectivity index (χ3v) is 5.63. The first kappa shape index (κ1) is 18.1. The van der Waals surface area contributed by atoms with E-state index in [2.05, 4.69) is 0 Å². The van der Waals surface area contributed by atoms with E-state index >= 15 is 0 Å². The van der Waals surface area contributed by atoms with Crippen molar-refractivity contribution in [2.24, 2.45) is 5.92 Å². The molecule has 1 aliphatic rings. The average Bonchev–Trinajstić information content (AvgIpc) is 2.78. The Labute approximate surface area is 123 Å². The van der Waals surface area contributed by atoms with Crippen molar-refractivity contribution in [1.82, 2.24) is 0 Å². The fourth-order valence-corrected chi connectivity index (χ4v) is 4.55. The molecular weight excluding hydrogens is 299 g/mol. The molecule has 3 N–H and O–H groups in total. The number of rotatable bonds is 10. The number of carboxylic acid groups (broad SMARTS) is 2. The van der Waals surface area contributed by atoms with Crippen LogP contribution in [-0.4, -0.2) is 52.1 Å². The molecule has 0 aromatic heterocycles. The molecule has 1 aliphatic heterocycles. The molecule has 21 heavy (non-hydrogen) atoms. The lowest BCUT2D eigenvalue weighted by Crippen LogP contribution is -2.17. The summed E-state index contributed by atoms with van der Waals surface area (Å²) >= 11 is 0. The summed E-state index contributed by atoms with van der Waals surface area (Å²) in [4.78, 5) is 31.3. The highest BCUT2D eigenvalue weighted by Crippen LogP contribution is 2.45. The van der Waals surface area contributed by atoms with E-state index < -0.39 is 38.1 Å². The molecule has 0 spiro atoms. The summed E-state index contributed by atoms with van der Waals surface area (Å²) in [6.45, 7) is 0.737. The summed E-state index contributed by atoms with van der Waals surface area (Å²) in [6.07, 6.45) is 2.42. The second-order valence-electron chi connectivity index (χ2n) is 5.59. The molecular formula is C13H23O7P. The van der Waals surface area contributed by atoms with Crippen LogP contribution >= 0.6 is 7.37 Å². The van der Waals surface area contributed by atoms with Crippen LogP contribution in [0.3, 0.4) is 0 Å². The fourth-order valence-electron chi connectivity index (χ4n) is 2.63. The van der Waals surface area contributed by atoms with Crippen LogP contribution in [0.4, 0.5) is 0 Å². The third-order valence-electron chi connectivity index (χ3n) is 3.53. The van der Waals surface area contributed by atoms with E-state index in [4.69, 9.17) is 14.9 Å². The summed E-state index contributed by atoms with van der Waals surface area (Å²) in [7, 11) is -3.50. The van der Waals surface area contributed by atoms with Gasteiger partial charge in [-0.3, -0.25) is 14.2 Å². The first-order valence-electron chi connectivity index (χ1n) is 7.14. The van der Waals surface area contributed by atoms with Crippen molar-refractivity contribution in [3.63, 3.8) is 0 Å². The Morgan fingerprint density at radius 1 is 1.24 bits per heavy atom. The van der Waals surface area contributed by atoms with Crippen LogP contribution in [0.1, 0.15) is 38.5 Å². The Bertz CT molecular complexity index is 387. The van der Waals surface area contributed by atoms with Crippen LogP contribution in [0.25, 0.3) is 0 Å². The molecule has 1 rings (SSSR count). The van der Waals surface area contributed by atoms with Gasteiger partial charge in [0, 0.05) is 31.8 Å². The van der Waals surface area contributed by atoms with Crippen LogP contribution in [0, 0.1) is 5.92 Å². The lowest BCUT2D eigenvalue weighted by atomic mass is 10.0. The minimum atomic E-state index is -3.50. The maximum Gasteiger partial charge on any atom is 0.303 e. The van der Waals surface area contributed by atoms with Crippen LogP contribution in [-0.2, 0) is 18.9 Å². The van der Waals surface area contributed by atoms with Gasteiger partial charge in [0.1, 0.15) is 0 Å². The number of aliphatic carboxylic acids is 2. The van der Waals surface area contributed by atoms with Gasteiger partial charge in [0.15, 0.2) is 0 Å². The maximum atomic E-state index is 12.1. The molecule has 2 unspecified atom stereocenters. The van der Waals surface area contributed by atoms with E-state index in [1.54, 1.807) is 0 Å². The van der Waals surface area contributed by atoms with Gasteiger partial charge in [0.25, 0.3) is 0 Å². The van der Waals surface area contributed by atoms with Crippen molar-refractivity contribution in [2.45, 2.75) is 44.6 Å². The molecule has 0 aromatic carbocycles. The minimum Gasteiger partial charge on any atom is -0.481 e. The Morgan fingerprint density at radius 3 is 2.33 bits per heavy atom. The molecule has 0 radical (unpaired) electrons. The van der Waals surface area contributed by atoms with Gasteiger partial charge < -0.3 is 19.8 Å². The van der Waals surface area contributed by atoms with Gasteiger partial charge in [-0.1, -0.05) is 0 Å². The van der Waals surface area contributed by atoms with Gasteiger partial charge in [0.2, 0.25) is 7.37 Å². The normalized spacial score (nSPS) is 21.3. The topological polar surface area (TPSA) is 121 Å². The number of hydrogen-bond acceptors (Lipinski definition) is 4. The van der Waals surface area contributed by atoms with E-state index in [1.165, 1.54) is 0 Å². The molecule has 1 heterocycles. The van der Waals surface area contributed by atoms with Crippen LogP contribution in [0.2, 0.25) is 0 Å². The lowest BCUT2D eigenvalue weighted by Gasteiger charge is -2.18. The standard InChI is InChI=1S/C13H23O7P/c14-12(15)7-10(8-13(16)17)9-21(18,19)6-2-4-11-3-1-5-20-11/h10-11H,1-9H2,(H,14,15)(H,16,17)(H,18,19). The highest BCUT2D eigenvalue weighted by Gasteiger charge is 2.28. The molecule has 0 bridgehead atoms. The second-order valence-corrected chi connectivity index (χ2v) is 8.10. The Kier molecular flexibility index (Phi) is 7.35. The average molecular weight is 322 g/mol. The minimum absolute atomic E-state index is 0.0859. The van der Waals surface area contributed by atoms with Crippen molar-refractivity contribution in [3.05, 3.63) is 0 Å². The van der Waals surface area contributed by atoms with Crippen molar-refractivity contribution in [3.8, 4) is 0 Å². The Hall–Kier alpha value is -0.910. The Morgan fingerprint density at radius 2 is 1.86 bits per heavy atom. The van der Waals surface area contributed by atoms with E-state index in [0.717, 1.165) is 19.4 Å². The zero-order valence-electron chi connectivity index (χ0n) is 11.9. The van der Waals surface area contributed by atoms with E-state index in [0.29, 0.717) is 12.8 Å². The summed E-state index contributed by atoms with van der Waals surface area (Å²) in [5.41, 5.74) is 0. The molecule has 7 nitrogen and oxygen atoms in total. The lowest BCUT2D eigenvalue weighted by molar-refractivity contribution is -0.140. The van der Waals surface area contributed by atoms with Crippen LogP contribution < -0.4 is 0 Å². The molecule has 2 atom stereocenters. The summed E-state index contributed by atoms with van der Waals surface area (Å²) in [6, 6.07) is 0. The molecule has 8 heteroatoms. The highest BCUT2D eigenvalue weighted by molar-refractivity contribution is 7.58. The molecule has 0 aliphatic carbocycles. The number of ether oxygens (including phenoxy) is 1. The smallest absolute Gasteiger partial charge is 0.303 e. The molecule has 0 amide bonds. The van der Waals surface area contributed by atoms with E-state index in [-0.39, 0.29) is 18.4 Å². The molecule has 0 aromatic rings. The monoisotopic (exact) mass is 322 g/mol. The summed E-state index contributed by atoms with van der Waals surface area (Å²) in [5, 5.41) is 17.5. The zero-order chi connectivity index (χ0) is 15.9. The van der Waals surface area contributed by atoms with Gasteiger partial charge in [-0.25, -0.2) is 0 Å².